The zero-order valence-electron chi connectivity index (χ0n) is 15.6. The molecule has 5 heterocycles. The Bertz CT molecular complexity index is 1060. The predicted octanol–water partition coefficient (Wildman–Crippen LogP) is 2.80. The molecular formula is C20H25N7O5. The van der Waals surface area contributed by atoms with Gasteiger partial charge in [0.05, 0.1) is 25.1 Å². The molecular weight excluding hydrogens is 418 g/mol. The van der Waals surface area contributed by atoms with Crippen LogP contribution in [0.3, 0.4) is 0 Å². The van der Waals surface area contributed by atoms with Crippen LogP contribution in [0.2, 0.25) is 0 Å². The second-order valence-electron chi connectivity index (χ2n) is 6.28. The Morgan fingerprint density at radius 3 is 2.78 bits per heavy atom. The lowest BCUT2D eigenvalue weighted by Gasteiger charge is -2.26. The molecule has 0 saturated carbocycles. The molecule has 0 saturated heterocycles. The highest BCUT2D eigenvalue weighted by molar-refractivity contribution is 5.94. The van der Waals surface area contributed by atoms with Gasteiger partial charge in [-0.2, -0.15) is 0 Å². The van der Waals surface area contributed by atoms with E-state index >= 15 is 0 Å². The van der Waals surface area contributed by atoms with Gasteiger partial charge in [-0.05, 0) is 28.1 Å². The summed E-state index contributed by atoms with van der Waals surface area (Å²) in [6.45, 7) is 1.80. The number of aromatic nitrogens is 4. The lowest BCUT2D eigenvalue weighted by atomic mass is 10.3. The van der Waals surface area contributed by atoms with Crippen LogP contribution in [0, 0.1) is 10.1 Å². The summed E-state index contributed by atoms with van der Waals surface area (Å²) in [6, 6.07) is 6.45. The van der Waals surface area contributed by atoms with Gasteiger partial charge in [-0.3, -0.25) is 4.79 Å². The molecule has 5 rings (SSSR count). The van der Waals surface area contributed by atoms with Gasteiger partial charge >= 0.3 is 5.82 Å². The highest BCUT2D eigenvalue weighted by Crippen LogP contribution is 2.32. The number of hydrogen-bond donors (Lipinski definition) is 2. The first kappa shape index (κ1) is 24.1. The van der Waals surface area contributed by atoms with Gasteiger partial charge in [-0.25, -0.2) is 9.97 Å². The number of nitro groups is 1. The molecule has 0 unspecified atom stereocenters. The van der Waals surface area contributed by atoms with Crippen LogP contribution in [0.25, 0.3) is 0 Å². The standard InChI is InChI=1S/C11H11N5O3.C7H6N2O2.2CH4/c17-16(18)10-2-1-9-11(14-10)15(3-4-19-9)6-8-5-12-7-13-8;10-6-4-11-5-2-1-3-8-7(5)9-6;;/h1-2,5,7H,3-4,6H2,(H,12,13);1-3H,4H2,(H,8,9,10);2*1H4. The number of ether oxygens (including phenoxy) is 2. The monoisotopic (exact) mass is 443 g/mol. The number of rotatable bonds is 3. The summed E-state index contributed by atoms with van der Waals surface area (Å²) in [4.78, 5) is 37.8. The van der Waals surface area contributed by atoms with Crippen molar-refractivity contribution >= 4 is 23.4 Å². The van der Waals surface area contributed by atoms with Crippen molar-refractivity contribution in [1.82, 2.24) is 19.9 Å². The van der Waals surface area contributed by atoms with E-state index in [4.69, 9.17) is 9.47 Å². The average molecular weight is 443 g/mol. The van der Waals surface area contributed by atoms with E-state index in [0.717, 1.165) is 5.69 Å². The summed E-state index contributed by atoms with van der Waals surface area (Å²) in [5.41, 5.74) is 0.918. The summed E-state index contributed by atoms with van der Waals surface area (Å²) < 4.78 is 10.5. The number of nitrogens with one attached hydrogen (secondary N) is 2. The third-order valence-corrected chi connectivity index (χ3v) is 4.23. The number of pyridine rings is 2. The van der Waals surface area contributed by atoms with Crippen LogP contribution in [-0.4, -0.2) is 50.5 Å². The summed E-state index contributed by atoms with van der Waals surface area (Å²) in [6.07, 6.45) is 4.91. The van der Waals surface area contributed by atoms with Crippen molar-refractivity contribution in [2.75, 3.05) is 30.0 Å². The molecule has 12 nitrogen and oxygen atoms in total. The largest absolute Gasteiger partial charge is 0.486 e. The van der Waals surface area contributed by atoms with Gasteiger partial charge in [0, 0.05) is 18.5 Å². The molecule has 0 bridgehead atoms. The maximum Gasteiger partial charge on any atom is 0.366 e. The Hall–Kier alpha value is -4.22. The molecule has 1 amide bonds. The highest BCUT2D eigenvalue weighted by Gasteiger charge is 2.26. The number of hydrogen-bond acceptors (Lipinski definition) is 9. The second kappa shape index (κ2) is 10.7. The molecule has 0 aliphatic carbocycles. The minimum absolute atomic E-state index is 0. The number of amides is 1. The number of anilines is 2. The Balaban J connectivity index is 0.000000241. The zero-order chi connectivity index (χ0) is 20.9. The van der Waals surface area contributed by atoms with Crippen molar-refractivity contribution in [2.24, 2.45) is 0 Å². The molecule has 3 aromatic heterocycles. The maximum absolute atomic E-state index is 10.8. The van der Waals surface area contributed by atoms with Crippen molar-refractivity contribution in [3.63, 3.8) is 0 Å². The van der Waals surface area contributed by atoms with E-state index in [-0.39, 0.29) is 33.2 Å². The van der Waals surface area contributed by atoms with Gasteiger partial charge in [-0.15, -0.1) is 0 Å². The van der Waals surface area contributed by atoms with Crippen molar-refractivity contribution in [2.45, 2.75) is 21.4 Å². The van der Waals surface area contributed by atoms with E-state index in [1.807, 2.05) is 4.90 Å². The van der Waals surface area contributed by atoms with Crippen LogP contribution in [0.15, 0.2) is 43.0 Å². The van der Waals surface area contributed by atoms with Crippen LogP contribution >= 0.6 is 0 Å². The van der Waals surface area contributed by atoms with E-state index in [0.29, 0.717) is 42.8 Å². The number of aromatic amines is 1. The minimum Gasteiger partial charge on any atom is -0.486 e. The normalized spacial score (nSPS) is 13.2. The summed E-state index contributed by atoms with van der Waals surface area (Å²) in [5.74, 6) is 1.86. The van der Waals surface area contributed by atoms with Crippen molar-refractivity contribution in [3.8, 4) is 11.5 Å². The average Bonchev–Trinajstić information content (AvgIpc) is 3.27. The smallest absolute Gasteiger partial charge is 0.366 e. The van der Waals surface area contributed by atoms with Crippen molar-refractivity contribution in [1.29, 1.82) is 0 Å². The Labute approximate surface area is 184 Å². The number of carbonyl (C=O) groups excluding carboxylic acids is 1. The number of H-pyrrole nitrogens is 1. The Morgan fingerprint density at radius 1 is 1.19 bits per heavy atom. The first-order valence-corrected chi connectivity index (χ1v) is 8.98. The van der Waals surface area contributed by atoms with Gasteiger partial charge in [0.1, 0.15) is 6.61 Å². The van der Waals surface area contributed by atoms with Crippen LogP contribution in [0.5, 0.6) is 11.5 Å². The SMILES string of the molecule is C.C.O=C1COc2cccnc2N1.O=[N+]([O-])c1ccc2c(n1)N(Cc1cnc[nH]1)CCO2. The van der Waals surface area contributed by atoms with Crippen LogP contribution in [0.1, 0.15) is 20.5 Å². The quantitative estimate of drug-likeness (QED) is 0.460. The molecule has 2 aliphatic heterocycles. The van der Waals surface area contributed by atoms with Gasteiger partial charge in [0.2, 0.25) is 0 Å². The molecule has 3 aromatic rings. The second-order valence-corrected chi connectivity index (χ2v) is 6.28. The van der Waals surface area contributed by atoms with Crippen LogP contribution in [0.4, 0.5) is 17.5 Å². The molecule has 170 valence electrons. The Morgan fingerprint density at radius 2 is 2.03 bits per heavy atom. The predicted molar refractivity (Wildman–Crippen MR) is 118 cm³/mol. The first-order valence-electron chi connectivity index (χ1n) is 8.98. The van der Waals surface area contributed by atoms with Gasteiger partial charge < -0.3 is 34.8 Å². The third kappa shape index (κ3) is 5.47. The zero-order valence-corrected chi connectivity index (χ0v) is 15.6. The fourth-order valence-electron chi connectivity index (χ4n) is 2.88. The molecule has 0 atom stereocenters. The molecule has 0 aromatic carbocycles. The summed E-state index contributed by atoms with van der Waals surface area (Å²) in [5, 5.41) is 13.4. The van der Waals surface area contributed by atoms with Gasteiger partial charge in [0.25, 0.3) is 11.7 Å². The summed E-state index contributed by atoms with van der Waals surface area (Å²) in [7, 11) is 0. The molecule has 32 heavy (non-hydrogen) atoms. The van der Waals surface area contributed by atoms with Crippen LogP contribution in [-0.2, 0) is 11.3 Å². The van der Waals surface area contributed by atoms with Gasteiger partial charge in [0.15, 0.2) is 23.9 Å². The molecule has 0 radical (unpaired) electrons. The van der Waals surface area contributed by atoms with E-state index in [9.17, 15) is 14.9 Å². The van der Waals surface area contributed by atoms with Crippen molar-refractivity contribution in [3.05, 3.63) is 58.8 Å². The fraction of sp³-hybridized carbons (Fsp3) is 0.300. The van der Waals surface area contributed by atoms with E-state index in [1.165, 1.54) is 6.07 Å². The minimum atomic E-state index is -0.511. The van der Waals surface area contributed by atoms with E-state index in [1.54, 1.807) is 36.9 Å². The number of carbonyl (C=O) groups is 1. The Kier molecular flexibility index (Phi) is 8.04. The molecule has 2 aliphatic rings. The van der Waals surface area contributed by atoms with Crippen LogP contribution < -0.4 is 19.7 Å². The molecule has 0 spiro atoms. The number of fused-ring (bicyclic) bond motifs is 2. The van der Waals surface area contributed by atoms with Crippen molar-refractivity contribution < 1.29 is 19.2 Å². The van der Waals surface area contributed by atoms with Gasteiger partial charge in [-0.1, -0.05) is 14.9 Å². The molecule has 0 fully saturated rings. The fourth-order valence-corrected chi connectivity index (χ4v) is 2.88. The third-order valence-electron chi connectivity index (χ3n) is 4.23. The summed E-state index contributed by atoms with van der Waals surface area (Å²) >= 11 is 0. The topological polar surface area (TPSA) is 148 Å². The highest BCUT2D eigenvalue weighted by atomic mass is 16.6. The van der Waals surface area contributed by atoms with E-state index < -0.39 is 4.92 Å². The first-order chi connectivity index (χ1) is 14.6. The maximum atomic E-state index is 10.8. The number of nitrogens with zero attached hydrogens (tertiary/aromatic N) is 5. The number of imidazole rings is 1. The molecule has 12 heteroatoms. The lowest BCUT2D eigenvalue weighted by molar-refractivity contribution is -0.389. The molecule has 2 N–H and O–H groups in total. The lowest BCUT2D eigenvalue weighted by Crippen LogP contribution is -2.33. The van der Waals surface area contributed by atoms with E-state index in [2.05, 4.69) is 25.3 Å².